The molecule has 0 bridgehead atoms. The highest BCUT2D eigenvalue weighted by atomic mass is 35.5. The van der Waals surface area contributed by atoms with Crippen LogP contribution in [0.4, 0.5) is 11.4 Å². The first-order valence-electron chi connectivity index (χ1n) is 9.22. The number of thioether (sulfide) groups is 1. The molecule has 2 amide bonds. The van der Waals surface area contributed by atoms with E-state index in [2.05, 4.69) is 36.6 Å². The molecular weight excluding hydrogens is 394 g/mol. The first kappa shape index (κ1) is 20.4. The van der Waals surface area contributed by atoms with Gasteiger partial charge >= 0.3 is 0 Å². The van der Waals surface area contributed by atoms with E-state index < -0.39 is 5.25 Å². The molecule has 2 N–H and O–H groups in total. The second-order valence-corrected chi connectivity index (χ2v) is 8.04. The zero-order valence-corrected chi connectivity index (χ0v) is 17.4. The van der Waals surface area contributed by atoms with Crippen LogP contribution in [-0.2, 0) is 22.4 Å². The number of hydrogen-bond acceptors (Lipinski definition) is 4. The third-order valence-corrected chi connectivity index (χ3v) is 5.75. The predicted octanol–water partition coefficient (Wildman–Crippen LogP) is 4.71. The molecule has 1 heterocycles. The van der Waals surface area contributed by atoms with Gasteiger partial charge in [0.1, 0.15) is 5.25 Å². The second kappa shape index (κ2) is 9.26. The highest BCUT2D eigenvalue weighted by Crippen LogP contribution is 2.30. The number of aryl methyl sites for hydroxylation is 2. The van der Waals surface area contributed by atoms with Gasteiger partial charge in [0.15, 0.2) is 5.17 Å². The molecule has 28 heavy (non-hydrogen) atoms. The van der Waals surface area contributed by atoms with Gasteiger partial charge in [0.05, 0.1) is 5.69 Å². The van der Waals surface area contributed by atoms with E-state index in [1.54, 1.807) is 24.3 Å². The quantitative estimate of drug-likeness (QED) is 0.717. The lowest BCUT2D eigenvalue weighted by atomic mass is 10.0. The number of halogens is 1. The Morgan fingerprint density at radius 3 is 2.50 bits per heavy atom. The van der Waals surface area contributed by atoms with Crippen LogP contribution in [0, 0.1) is 0 Å². The average molecular weight is 416 g/mol. The number of anilines is 1. The molecule has 146 valence electrons. The van der Waals surface area contributed by atoms with E-state index in [1.165, 1.54) is 11.8 Å². The summed E-state index contributed by atoms with van der Waals surface area (Å²) in [5.74, 6) is -0.434. The van der Waals surface area contributed by atoms with Crippen molar-refractivity contribution in [2.75, 3.05) is 5.32 Å². The average Bonchev–Trinajstić information content (AvgIpc) is 3.00. The first-order valence-corrected chi connectivity index (χ1v) is 10.5. The maximum absolute atomic E-state index is 12.3. The molecule has 1 atom stereocenters. The highest BCUT2D eigenvalue weighted by Gasteiger charge is 2.32. The third kappa shape index (κ3) is 4.94. The van der Waals surface area contributed by atoms with Gasteiger partial charge in [-0.25, -0.2) is 4.99 Å². The van der Waals surface area contributed by atoms with Crippen LogP contribution in [0.25, 0.3) is 0 Å². The van der Waals surface area contributed by atoms with Crippen molar-refractivity contribution in [3.63, 3.8) is 0 Å². The van der Waals surface area contributed by atoms with Gasteiger partial charge in [-0.15, -0.1) is 0 Å². The van der Waals surface area contributed by atoms with Crippen LogP contribution in [0.1, 0.15) is 31.4 Å². The van der Waals surface area contributed by atoms with E-state index >= 15 is 0 Å². The molecule has 0 spiro atoms. The third-order valence-electron chi connectivity index (χ3n) is 4.43. The van der Waals surface area contributed by atoms with Crippen molar-refractivity contribution in [1.82, 2.24) is 5.32 Å². The van der Waals surface area contributed by atoms with Gasteiger partial charge in [-0.1, -0.05) is 61.5 Å². The summed E-state index contributed by atoms with van der Waals surface area (Å²) >= 11 is 7.23. The van der Waals surface area contributed by atoms with Crippen molar-refractivity contribution in [3.8, 4) is 0 Å². The smallest absolute Gasteiger partial charge is 0.240 e. The highest BCUT2D eigenvalue weighted by molar-refractivity contribution is 8.15. The molecule has 2 aromatic rings. The number of carbonyl (C=O) groups excluding carboxylic acids is 2. The summed E-state index contributed by atoms with van der Waals surface area (Å²) in [5, 5.41) is 6.16. The molecule has 1 saturated heterocycles. The van der Waals surface area contributed by atoms with E-state index in [1.807, 2.05) is 6.07 Å². The summed E-state index contributed by atoms with van der Waals surface area (Å²) in [6.07, 6.45) is 1.80. The van der Waals surface area contributed by atoms with Gasteiger partial charge in [-0.3, -0.25) is 9.59 Å². The Morgan fingerprint density at radius 1 is 1.18 bits per heavy atom. The summed E-state index contributed by atoms with van der Waals surface area (Å²) in [6.45, 7) is 4.17. The Hall–Kier alpha value is -2.31. The summed E-state index contributed by atoms with van der Waals surface area (Å²) < 4.78 is 0. The van der Waals surface area contributed by atoms with E-state index in [0.29, 0.717) is 15.9 Å². The fourth-order valence-corrected chi connectivity index (χ4v) is 4.16. The van der Waals surface area contributed by atoms with Gasteiger partial charge < -0.3 is 10.6 Å². The number of aliphatic imine (C=N–C) groups is 1. The number of amidine groups is 1. The molecule has 0 aliphatic carbocycles. The molecule has 0 aromatic heterocycles. The lowest BCUT2D eigenvalue weighted by Gasteiger charge is -2.09. The van der Waals surface area contributed by atoms with Crippen LogP contribution in [0.15, 0.2) is 47.5 Å². The van der Waals surface area contributed by atoms with Crippen molar-refractivity contribution in [2.24, 2.45) is 4.99 Å². The SMILES string of the molecule is CCc1cccc(CC)c1N=C1NC(=O)[C@@H](CC(=O)Nc2cccc(Cl)c2)S1. The van der Waals surface area contributed by atoms with E-state index in [4.69, 9.17) is 16.6 Å². The van der Waals surface area contributed by atoms with Crippen LogP contribution in [-0.4, -0.2) is 22.2 Å². The lowest BCUT2D eigenvalue weighted by molar-refractivity contribution is -0.122. The predicted molar refractivity (Wildman–Crippen MR) is 117 cm³/mol. The molecule has 3 rings (SSSR count). The Morgan fingerprint density at radius 2 is 1.86 bits per heavy atom. The Balaban J connectivity index is 1.70. The van der Waals surface area contributed by atoms with Crippen LogP contribution in [0.3, 0.4) is 0 Å². The van der Waals surface area contributed by atoms with Crippen molar-refractivity contribution in [2.45, 2.75) is 38.4 Å². The molecule has 0 radical (unpaired) electrons. The van der Waals surface area contributed by atoms with Crippen molar-refractivity contribution < 1.29 is 9.59 Å². The molecule has 1 fully saturated rings. The van der Waals surface area contributed by atoms with Crippen LogP contribution < -0.4 is 10.6 Å². The second-order valence-electron chi connectivity index (χ2n) is 6.41. The minimum atomic E-state index is -0.503. The number of carbonyl (C=O) groups is 2. The molecule has 0 unspecified atom stereocenters. The monoisotopic (exact) mass is 415 g/mol. The number of benzene rings is 2. The Labute approximate surface area is 174 Å². The fourth-order valence-electron chi connectivity index (χ4n) is 3.00. The minimum Gasteiger partial charge on any atom is -0.326 e. The molecular formula is C21H22ClN3O2S. The van der Waals surface area contributed by atoms with Gasteiger partial charge in [0.2, 0.25) is 11.8 Å². The van der Waals surface area contributed by atoms with Gasteiger partial charge in [-0.2, -0.15) is 0 Å². The normalized spacial score (nSPS) is 17.6. The topological polar surface area (TPSA) is 70.6 Å². The van der Waals surface area contributed by atoms with E-state index in [0.717, 1.165) is 29.7 Å². The molecule has 5 nitrogen and oxygen atoms in total. The van der Waals surface area contributed by atoms with Crippen LogP contribution in [0.5, 0.6) is 0 Å². The summed E-state index contributed by atoms with van der Waals surface area (Å²) in [6, 6.07) is 13.1. The van der Waals surface area contributed by atoms with E-state index in [-0.39, 0.29) is 18.2 Å². The number of para-hydroxylation sites is 1. The molecule has 1 aliphatic rings. The Bertz CT molecular complexity index is 907. The summed E-state index contributed by atoms with van der Waals surface area (Å²) in [4.78, 5) is 29.3. The van der Waals surface area contributed by atoms with Crippen molar-refractivity contribution in [3.05, 3.63) is 58.6 Å². The number of hydrogen-bond donors (Lipinski definition) is 2. The number of rotatable bonds is 6. The molecule has 1 aliphatic heterocycles. The molecule has 7 heteroatoms. The zero-order chi connectivity index (χ0) is 20.1. The van der Waals surface area contributed by atoms with Gasteiger partial charge in [0.25, 0.3) is 0 Å². The number of nitrogens with zero attached hydrogens (tertiary/aromatic N) is 1. The summed E-state index contributed by atoms with van der Waals surface area (Å²) in [5.41, 5.74) is 3.81. The molecule has 0 saturated carbocycles. The number of nitrogens with one attached hydrogen (secondary N) is 2. The first-order chi connectivity index (χ1) is 13.5. The van der Waals surface area contributed by atoms with Crippen LogP contribution >= 0.6 is 23.4 Å². The maximum Gasteiger partial charge on any atom is 0.240 e. The zero-order valence-electron chi connectivity index (χ0n) is 15.8. The number of amides is 2. The fraction of sp³-hybridized carbons (Fsp3) is 0.286. The lowest BCUT2D eigenvalue weighted by Crippen LogP contribution is -2.28. The maximum atomic E-state index is 12.3. The summed E-state index contributed by atoms with van der Waals surface area (Å²) in [7, 11) is 0. The van der Waals surface area contributed by atoms with Gasteiger partial charge in [-0.05, 0) is 42.2 Å². The van der Waals surface area contributed by atoms with Gasteiger partial charge in [0, 0.05) is 17.1 Å². The van der Waals surface area contributed by atoms with Crippen LogP contribution in [0.2, 0.25) is 5.02 Å². The van der Waals surface area contributed by atoms with Crippen molar-refractivity contribution in [1.29, 1.82) is 0 Å². The largest absolute Gasteiger partial charge is 0.326 e. The van der Waals surface area contributed by atoms with E-state index in [9.17, 15) is 9.59 Å². The Kier molecular flexibility index (Phi) is 6.75. The van der Waals surface area contributed by atoms with Crippen molar-refractivity contribution >= 4 is 51.7 Å². The standard InChI is InChI=1S/C21H22ClN3O2S/c1-3-13-7-5-8-14(4-2)19(13)24-21-25-20(27)17(28-21)12-18(26)23-16-10-6-9-15(22)11-16/h5-11,17H,3-4,12H2,1-2H3,(H,23,26)(H,24,25,27)/t17-/m1/s1. The minimum absolute atomic E-state index is 0.0676. The molecule has 2 aromatic carbocycles.